The van der Waals surface area contributed by atoms with Gasteiger partial charge in [0.2, 0.25) is 0 Å². The average molecular weight is 277 g/mol. The van der Waals surface area contributed by atoms with E-state index in [4.69, 9.17) is 0 Å². The lowest BCUT2D eigenvalue weighted by molar-refractivity contribution is 0.623. The van der Waals surface area contributed by atoms with Gasteiger partial charge < -0.3 is 4.57 Å². The predicted octanol–water partition coefficient (Wildman–Crippen LogP) is 6.01. The molecule has 1 aromatic heterocycles. The van der Waals surface area contributed by atoms with Crippen LogP contribution in [0.2, 0.25) is 0 Å². The summed E-state index contributed by atoms with van der Waals surface area (Å²) in [6, 6.07) is 18.2. The number of para-hydroxylation sites is 1. The SMILES string of the molecule is CC(C)c1ccc(-c2cn(C(C)C)c3ccccc23)cc1. The number of hydrogen-bond donors (Lipinski definition) is 0. The van der Waals surface area contributed by atoms with Crippen LogP contribution >= 0.6 is 0 Å². The molecule has 0 amide bonds. The van der Waals surface area contributed by atoms with Crippen molar-refractivity contribution in [2.45, 2.75) is 39.7 Å². The molecular formula is C20H23N. The molecule has 1 heteroatoms. The molecule has 3 aromatic rings. The van der Waals surface area contributed by atoms with Crippen molar-refractivity contribution in [3.63, 3.8) is 0 Å². The molecule has 21 heavy (non-hydrogen) atoms. The summed E-state index contributed by atoms with van der Waals surface area (Å²) in [5.74, 6) is 0.580. The van der Waals surface area contributed by atoms with Crippen molar-refractivity contribution in [1.82, 2.24) is 4.57 Å². The summed E-state index contributed by atoms with van der Waals surface area (Å²) in [5.41, 5.74) is 5.34. The molecule has 0 aliphatic rings. The molecule has 0 unspecified atom stereocenters. The highest BCUT2D eigenvalue weighted by molar-refractivity contribution is 5.96. The topological polar surface area (TPSA) is 4.93 Å². The van der Waals surface area contributed by atoms with Gasteiger partial charge in [0.1, 0.15) is 0 Å². The Balaban J connectivity index is 2.16. The number of fused-ring (bicyclic) bond motifs is 1. The lowest BCUT2D eigenvalue weighted by atomic mass is 9.98. The Morgan fingerprint density at radius 2 is 1.48 bits per heavy atom. The van der Waals surface area contributed by atoms with Crippen molar-refractivity contribution in [3.05, 3.63) is 60.3 Å². The van der Waals surface area contributed by atoms with Gasteiger partial charge >= 0.3 is 0 Å². The minimum absolute atomic E-state index is 0.471. The summed E-state index contributed by atoms with van der Waals surface area (Å²) in [6.07, 6.45) is 2.29. The highest BCUT2D eigenvalue weighted by Crippen LogP contribution is 2.33. The van der Waals surface area contributed by atoms with Crippen molar-refractivity contribution in [3.8, 4) is 11.1 Å². The van der Waals surface area contributed by atoms with Gasteiger partial charge in [0.05, 0.1) is 0 Å². The molecule has 0 aliphatic carbocycles. The first-order chi connectivity index (χ1) is 10.1. The van der Waals surface area contributed by atoms with Crippen molar-refractivity contribution in [1.29, 1.82) is 0 Å². The Morgan fingerprint density at radius 1 is 0.810 bits per heavy atom. The molecule has 2 aromatic carbocycles. The van der Waals surface area contributed by atoms with Crippen LogP contribution < -0.4 is 0 Å². The Bertz CT molecular complexity index is 745. The monoisotopic (exact) mass is 277 g/mol. The molecule has 0 radical (unpaired) electrons. The lowest BCUT2D eigenvalue weighted by Crippen LogP contribution is -1.97. The third-order valence-corrected chi connectivity index (χ3v) is 4.19. The Kier molecular flexibility index (Phi) is 3.59. The molecule has 0 aliphatic heterocycles. The fourth-order valence-corrected chi connectivity index (χ4v) is 2.91. The van der Waals surface area contributed by atoms with Gasteiger partial charge in [0, 0.05) is 28.7 Å². The van der Waals surface area contributed by atoms with Gasteiger partial charge in [-0.25, -0.2) is 0 Å². The largest absolute Gasteiger partial charge is 0.344 e. The quantitative estimate of drug-likeness (QED) is 0.552. The first kappa shape index (κ1) is 13.9. The second kappa shape index (κ2) is 5.40. The number of aromatic nitrogens is 1. The maximum Gasteiger partial charge on any atom is 0.0489 e. The molecule has 1 heterocycles. The number of nitrogens with zero attached hydrogens (tertiary/aromatic N) is 1. The van der Waals surface area contributed by atoms with E-state index < -0.39 is 0 Å². The molecule has 3 rings (SSSR count). The van der Waals surface area contributed by atoms with E-state index in [9.17, 15) is 0 Å². The maximum atomic E-state index is 2.36. The highest BCUT2D eigenvalue weighted by Gasteiger charge is 2.11. The van der Waals surface area contributed by atoms with Gasteiger partial charge in [-0.3, -0.25) is 0 Å². The van der Waals surface area contributed by atoms with Crippen LogP contribution in [0.1, 0.15) is 45.2 Å². The zero-order chi connectivity index (χ0) is 15.0. The summed E-state index contributed by atoms with van der Waals surface area (Å²) >= 11 is 0. The molecule has 0 spiro atoms. The van der Waals surface area contributed by atoms with Crippen molar-refractivity contribution < 1.29 is 0 Å². The second-order valence-corrected chi connectivity index (χ2v) is 6.34. The van der Waals surface area contributed by atoms with Gasteiger partial charge in [0.25, 0.3) is 0 Å². The lowest BCUT2D eigenvalue weighted by Gasteiger charge is -2.08. The molecule has 0 saturated heterocycles. The van der Waals surface area contributed by atoms with Crippen LogP contribution in [0.25, 0.3) is 22.0 Å². The standard InChI is InChI=1S/C20H23N/c1-14(2)16-9-11-17(12-10-16)19-13-21(15(3)4)20-8-6-5-7-18(19)20/h5-15H,1-4H3. The number of benzene rings is 2. The van der Waals surface area contributed by atoms with E-state index in [-0.39, 0.29) is 0 Å². The van der Waals surface area contributed by atoms with Crippen LogP contribution in [-0.2, 0) is 0 Å². The minimum Gasteiger partial charge on any atom is -0.344 e. The van der Waals surface area contributed by atoms with Gasteiger partial charge in [-0.2, -0.15) is 0 Å². The molecule has 0 bridgehead atoms. The molecule has 1 nitrogen and oxygen atoms in total. The highest BCUT2D eigenvalue weighted by atomic mass is 15.0. The first-order valence-electron chi connectivity index (χ1n) is 7.78. The molecule has 0 fully saturated rings. The van der Waals surface area contributed by atoms with Crippen LogP contribution in [0.15, 0.2) is 54.7 Å². The van der Waals surface area contributed by atoms with Crippen LogP contribution in [0.4, 0.5) is 0 Å². The second-order valence-electron chi connectivity index (χ2n) is 6.34. The fraction of sp³-hybridized carbons (Fsp3) is 0.300. The van der Waals surface area contributed by atoms with E-state index in [1.165, 1.54) is 27.6 Å². The van der Waals surface area contributed by atoms with Crippen LogP contribution in [-0.4, -0.2) is 4.57 Å². The Hall–Kier alpha value is -2.02. The van der Waals surface area contributed by atoms with Crippen molar-refractivity contribution >= 4 is 10.9 Å². The van der Waals surface area contributed by atoms with Gasteiger partial charge in [-0.15, -0.1) is 0 Å². The van der Waals surface area contributed by atoms with Crippen molar-refractivity contribution in [2.24, 2.45) is 0 Å². The van der Waals surface area contributed by atoms with Crippen LogP contribution in [0, 0.1) is 0 Å². The third-order valence-electron chi connectivity index (χ3n) is 4.19. The summed E-state index contributed by atoms with van der Waals surface area (Å²) < 4.78 is 2.36. The normalized spacial score (nSPS) is 11.7. The zero-order valence-electron chi connectivity index (χ0n) is 13.3. The molecule has 0 N–H and O–H groups in total. The molecular weight excluding hydrogens is 254 g/mol. The van der Waals surface area contributed by atoms with Crippen LogP contribution in [0.3, 0.4) is 0 Å². The van der Waals surface area contributed by atoms with Gasteiger partial charge in [0.15, 0.2) is 0 Å². The first-order valence-corrected chi connectivity index (χ1v) is 7.78. The summed E-state index contributed by atoms with van der Waals surface area (Å²) in [7, 11) is 0. The Morgan fingerprint density at radius 3 is 2.10 bits per heavy atom. The number of hydrogen-bond acceptors (Lipinski definition) is 0. The summed E-state index contributed by atoms with van der Waals surface area (Å²) in [4.78, 5) is 0. The molecule has 108 valence electrons. The number of rotatable bonds is 3. The maximum absolute atomic E-state index is 2.36. The molecule has 0 atom stereocenters. The minimum atomic E-state index is 0.471. The third kappa shape index (κ3) is 2.49. The fourth-order valence-electron chi connectivity index (χ4n) is 2.91. The molecule has 0 saturated carbocycles. The summed E-state index contributed by atoms with van der Waals surface area (Å²) in [5, 5.41) is 1.34. The van der Waals surface area contributed by atoms with E-state index in [1.807, 2.05) is 0 Å². The van der Waals surface area contributed by atoms with Gasteiger partial charge in [-0.05, 0) is 37.0 Å². The Labute approximate surface area is 127 Å². The summed E-state index contributed by atoms with van der Waals surface area (Å²) in [6.45, 7) is 8.94. The van der Waals surface area contributed by atoms with Crippen molar-refractivity contribution in [2.75, 3.05) is 0 Å². The zero-order valence-corrected chi connectivity index (χ0v) is 13.3. The van der Waals surface area contributed by atoms with E-state index in [0.717, 1.165) is 0 Å². The van der Waals surface area contributed by atoms with E-state index in [2.05, 4.69) is 87.0 Å². The van der Waals surface area contributed by atoms with E-state index >= 15 is 0 Å². The van der Waals surface area contributed by atoms with E-state index in [1.54, 1.807) is 0 Å². The van der Waals surface area contributed by atoms with Crippen LogP contribution in [0.5, 0.6) is 0 Å². The smallest absolute Gasteiger partial charge is 0.0489 e. The van der Waals surface area contributed by atoms with Gasteiger partial charge in [-0.1, -0.05) is 56.3 Å². The van der Waals surface area contributed by atoms with E-state index in [0.29, 0.717) is 12.0 Å². The average Bonchev–Trinajstić information content (AvgIpc) is 2.87. The predicted molar refractivity (Wildman–Crippen MR) is 91.8 cm³/mol.